The first-order valence-electron chi connectivity index (χ1n) is 18.1. The largest absolute Gasteiger partial charge is 0.247 e. The van der Waals surface area contributed by atoms with Crippen LogP contribution in [0.5, 0.6) is 0 Å². The van der Waals surface area contributed by atoms with Crippen LogP contribution in [0.2, 0.25) is 0 Å². The van der Waals surface area contributed by atoms with Crippen LogP contribution in [0.4, 0.5) is 0 Å². The average molecular weight is 654 g/mol. The van der Waals surface area contributed by atoms with Gasteiger partial charge in [-0.2, -0.15) is 0 Å². The third-order valence-electron chi connectivity index (χ3n) is 12.0. The molecule has 0 spiro atoms. The molecule has 0 saturated heterocycles. The molecule has 0 fully saturated rings. The van der Waals surface area contributed by atoms with Gasteiger partial charge in [0.05, 0.1) is 11.2 Å². The zero-order valence-electron chi connectivity index (χ0n) is 29.8. The van der Waals surface area contributed by atoms with Crippen molar-refractivity contribution < 1.29 is 0 Å². The molecule has 1 nitrogen and oxygen atoms in total. The van der Waals surface area contributed by atoms with Crippen molar-refractivity contribution in [2.24, 2.45) is 0 Å². The summed E-state index contributed by atoms with van der Waals surface area (Å²) in [4.78, 5) is 5.55. The summed E-state index contributed by atoms with van der Waals surface area (Å²) in [6.07, 6.45) is 0. The zero-order chi connectivity index (χ0) is 34.6. The van der Waals surface area contributed by atoms with Gasteiger partial charge in [0, 0.05) is 27.2 Å². The van der Waals surface area contributed by atoms with Gasteiger partial charge in [-0.05, 0) is 109 Å². The predicted molar refractivity (Wildman–Crippen MR) is 215 cm³/mol. The second kappa shape index (κ2) is 10.6. The minimum absolute atomic E-state index is 0.0663. The van der Waals surface area contributed by atoms with Crippen molar-refractivity contribution in [3.05, 3.63) is 173 Å². The summed E-state index contributed by atoms with van der Waals surface area (Å²) in [5.74, 6) is 0. The smallest absolute Gasteiger partial charge is 0.0794 e. The number of rotatable bonds is 3. The highest BCUT2D eigenvalue weighted by atomic mass is 14.7. The van der Waals surface area contributed by atoms with Crippen LogP contribution in [0, 0.1) is 6.92 Å². The number of hydrogen-bond acceptors (Lipinski definition) is 1. The van der Waals surface area contributed by atoms with Crippen molar-refractivity contribution in [1.82, 2.24) is 4.98 Å². The van der Waals surface area contributed by atoms with Gasteiger partial charge in [0.1, 0.15) is 0 Å². The van der Waals surface area contributed by atoms with Crippen molar-refractivity contribution in [2.75, 3.05) is 0 Å². The maximum Gasteiger partial charge on any atom is 0.0794 e. The molecule has 10 rings (SSSR count). The minimum atomic E-state index is -0.0783. The van der Waals surface area contributed by atoms with E-state index in [0.29, 0.717) is 0 Å². The maximum atomic E-state index is 5.55. The van der Waals surface area contributed by atoms with Crippen LogP contribution in [-0.2, 0) is 10.8 Å². The van der Waals surface area contributed by atoms with Crippen molar-refractivity contribution >= 4 is 21.7 Å². The molecular formula is C50H39N. The topological polar surface area (TPSA) is 12.9 Å². The molecule has 0 radical (unpaired) electrons. The third-order valence-corrected chi connectivity index (χ3v) is 12.0. The van der Waals surface area contributed by atoms with E-state index in [0.717, 1.165) is 16.8 Å². The highest BCUT2D eigenvalue weighted by molar-refractivity contribution is 6.16. The van der Waals surface area contributed by atoms with Gasteiger partial charge >= 0.3 is 0 Å². The molecule has 0 N–H and O–H groups in total. The lowest BCUT2D eigenvalue weighted by Crippen LogP contribution is -2.15. The van der Waals surface area contributed by atoms with E-state index in [2.05, 4.69) is 180 Å². The first-order valence-corrected chi connectivity index (χ1v) is 18.1. The fourth-order valence-electron chi connectivity index (χ4n) is 9.27. The van der Waals surface area contributed by atoms with E-state index in [9.17, 15) is 0 Å². The van der Waals surface area contributed by atoms with Crippen molar-refractivity contribution in [1.29, 1.82) is 0 Å². The van der Waals surface area contributed by atoms with E-state index >= 15 is 0 Å². The van der Waals surface area contributed by atoms with Crippen LogP contribution in [0.1, 0.15) is 55.5 Å². The lowest BCUT2D eigenvalue weighted by atomic mass is 9.81. The monoisotopic (exact) mass is 653 g/mol. The molecule has 0 atom stereocenters. The molecule has 51 heavy (non-hydrogen) atoms. The summed E-state index contributed by atoms with van der Waals surface area (Å²) in [6, 6.07) is 54.2. The molecule has 0 saturated carbocycles. The molecule has 0 bridgehead atoms. The van der Waals surface area contributed by atoms with E-state index in [-0.39, 0.29) is 10.8 Å². The number of hydrogen-bond donors (Lipinski definition) is 0. The Labute approximate surface area is 300 Å². The number of aryl methyl sites for hydroxylation is 1. The Kier molecular flexibility index (Phi) is 6.25. The van der Waals surface area contributed by atoms with Gasteiger partial charge in [0.15, 0.2) is 0 Å². The number of fused-ring (bicyclic) bond motifs is 9. The van der Waals surface area contributed by atoms with Gasteiger partial charge in [0.2, 0.25) is 0 Å². The van der Waals surface area contributed by atoms with Gasteiger partial charge in [0.25, 0.3) is 0 Å². The van der Waals surface area contributed by atoms with Gasteiger partial charge in [-0.25, -0.2) is 4.98 Å². The van der Waals surface area contributed by atoms with E-state index in [1.54, 1.807) is 0 Å². The zero-order valence-corrected chi connectivity index (χ0v) is 29.8. The molecule has 7 aromatic carbocycles. The molecular weight excluding hydrogens is 615 g/mol. The number of pyridine rings is 1. The average Bonchev–Trinajstić information content (AvgIpc) is 3.53. The van der Waals surface area contributed by atoms with Gasteiger partial charge < -0.3 is 0 Å². The molecule has 0 aliphatic heterocycles. The standard InChI is InChI=1S/C50H39N/c1-30-14-6-7-15-33(30)41-29-47(32-23-25-38-36-18-11-13-21-44(36)50(4,5)46(38)27-32)51-48-39-19-9-8-16-34(39)40(28-42(41)48)31-22-24-37-35-17-10-12-20-43(35)49(2,3)45(37)26-31/h6-29H,1-5H3. The van der Waals surface area contributed by atoms with Crippen LogP contribution in [0.15, 0.2) is 146 Å². The maximum absolute atomic E-state index is 5.55. The molecule has 1 aromatic heterocycles. The molecule has 1 heterocycles. The first kappa shape index (κ1) is 30.1. The summed E-state index contributed by atoms with van der Waals surface area (Å²) >= 11 is 0. The van der Waals surface area contributed by atoms with Gasteiger partial charge in [-0.1, -0.05) is 149 Å². The number of nitrogens with zero attached hydrogens (tertiary/aromatic N) is 1. The van der Waals surface area contributed by atoms with Crippen LogP contribution >= 0.6 is 0 Å². The molecule has 2 aliphatic rings. The second-order valence-corrected chi connectivity index (χ2v) is 15.6. The third kappa shape index (κ3) is 4.25. The summed E-state index contributed by atoms with van der Waals surface area (Å²) in [5.41, 5.74) is 20.2. The SMILES string of the molecule is Cc1ccccc1-c1cc(-c2ccc3c(c2)C(C)(C)c2ccccc2-3)nc2c1cc(-c1ccc3c(c1)C(C)(C)c1ccccc1-3)c1ccccc12. The van der Waals surface area contributed by atoms with Crippen molar-refractivity contribution in [2.45, 2.75) is 45.4 Å². The van der Waals surface area contributed by atoms with Crippen molar-refractivity contribution in [3.8, 4) is 55.8 Å². The Morgan fingerprint density at radius 2 is 0.882 bits per heavy atom. The molecule has 1 heteroatoms. The number of benzene rings is 7. The van der Waals surface area contributed by atoms with E-state index in [1.165, 1.54) is 88.5 Å². The van der Waals surface area contributed by atoms with Crippen LogP contribution in [0.3, 0.4) is 0 Å². The predicted octanol–water partition coefficient (Wildman–Crippen LogP) is 13.3. The lowest BCUT2D eigenvalue weighted by molar-refractivity contribution is 0.660. The molecule has 0 unspecified atom stereocenters. The molecule has 244 valence electrons. The summed E-state index contributed by atoms with van der Waals surface area (Å²) in [5, 5.41) is 3.58. The summed E-state index contributed by atoms with van der Waals surface area (Å²) < 4.78 is 0. The Bertz CT molecular complexity index is 2760. The highest BCUT2D eigenvalue weighted by Gasteiger charge is 2.36. The van der Waals surface area contributed by atoms with E-state index in [1.807, 2.05) is 0 Å². The molecule has 2 aliphatic carbocycles. The quantitative estimate of drug-likeness (QED) is 0.173. The molecule has 8 aromatic rings. The Hall–Kier alpha value is -5.79. The van der Waals surface area contributed by atoms with Crippen molar-refractivity contribution in [3.63, 3.8) is 0 Å². The van der Waals surface area contributed by atoms with Crippen LogP contribution in [0.25, 0.3) is 77.4 Å². The van der Waals surface area contributed by atoms with Crippen LogP contribution < -0.4 is 0 Å². The normalized spacial score (nSPS) is 14.7. The molecule has 0 amide bonds. The highest BCUT2D eigenvalue weighted by Crippen LogP contribution is 2.52. The van der Waals surface area contributed by atoms with Gasteiger partial charge in [-0.3, -0.25) is 0 Å². The van der Waals surface area contributed by atoms with E-state index < -0.39 is 0 Å². The Morgan fingerprint density at radius 1 is 0.373 bits per heavy atom. The summed E-state index contributed by atoms with van der Waals surface area (Å²) in [6.45, 7) is 11.6. The Morgan fingerprint density at radius 3 is 1.53 bits per heavy atom. The fourth-order valence-corrected chi connectivity index (χ4v) is 9.27. The van der Waals surface area contributed by atoms with Crippen LogP contribution in [-0.4, -0.2) is 4.98 Å². The first-order chi connectivity index (χ1) is 24.7. The Balaban J connectivity index is 1.23. The minimum Gasteiger partial charge on any atom is -0.247 e. The lowest BCUT2D eigenvalue weighted by Gasteiger charge is -2.23. The fraction of sp³-hybridized carbons (Fsp3) is 0.140. The van der Waals surface area contributed by atoms with Gasteiger partial charge in [-0.15, -0.1) is 0 Å². The summed E-state index contributed by atoms with van der Waals surface area (Å²) in [7, 11) is 0. The number of aromatic nitrogens is 1. The second-order valence-electron chi connectivity index (χ2n) is 15.6. The van der Waals surface area contributed by atoms with E-state index in [4.69, 9.17) is 4.98 Å².